The molecule has 7 nitrogen and oxygen atoms in total. The number of anilines is 2. The first kappa shape index (κ1) is 21.3. The molecule has 0 bridgehead atoms. The number of carbonyl (C=O) groups is 2. The van der Waals surface area contributed by atoms with Gasteiger partial charge in [0.15, 0.2) is 0 Å². The van der Waals surface area contributed by atoms with Crippen molar-refractivity contribution < 1.29 is 22.7 Å². The zero-order valence-corrected chi connectivity index (χ0v) is 18.3. The highest BCUT2D eigenvalue weighted by Gasteiger charge is 2.27. The largest absolute Gasteiger partial charge is 0.462 e. The van der Waals surface area contributed by atoms with Crippen LogP contribution in [0.25, 0.3) is 0 Å². The number of fused-ring (bicyclic) bond motifs is 1. The minimum atomic E-state index is -3.38. The third kappa shape index (κ3) is 4.62. The van der Waals surface area contributed by atoms with E-state index < -0.39 is 16.0 Å². The molecule has 1 N–H and O–H groups in total. The van der Waals surface area contributed by atoms with Crippen molar-refractivity contribution in [1.82, 2.24) is 0 Å². The molecule has 1 aromatic heterocycles. The first-order valence-corrected chi connectivity index (χ1v) is 12.1. The Balaban J connectivity index is 1.85. The highest BCUT2D eigenvalue weighted by Crippen LogP contribution is 2.38. The molecule has 0 atom stereocenters. The third-order valence-corrected chi connectivity index (χ3v) is 7.28. The molecule has 0 spiro atoms. The van der Waals surface area contributed by atoms with Gasteiger partial charge in [-0.3, -0.25) is 9.10 Å². The Bertz CT molecular complexity index is 1030. The number of aryl methyl sites for hydroxylation is 1. The molecule has 3 rings (SSSR count). The van der Waals surface area contributed by atoms with Gasteiger partial charge in [0.1, 0.15) is 5.00 Å². The smallest absolute Gasteiger partial charge is 0.341 e. The van der Waals surface area contributed by atoms with E-state index in [1.54, 1.807) is 31.2 Å². The van der Waals surface area contributed by atoms with Gasteiger partial charge in [-0.1, -0.05) is 0 Å². The lowest BCUT2D eigenvalue weighted by Crippen LogP contribution is -2.24. The van der Waals surface area contributed by atoms with Crippen LogP contribution in [-0.4, -0.2) is 40.2 Å². The maximum Gasteiger partial charge on any atom is 0.341 e. The number of sulfonamides is 1. The highest BCUT2D eigenvalue weighted by molar-refractivity contribution is 7.92. The number of amides is 1. The Kier molecular flexibility index (Phi) is 6.28. The lowest BCUT2D eigenvalue weighted by molar-refractivity contribution is 0.0526. The minimum Gasteiger partial charge on any atom is -0.462 e. The number of rotatable bonds is 6. The van der Waals surface area contributed by atoms with Crippen molar-refractivity contribution in [2.75, 3.05) is 29.5 Å². The topological polar surface area (TPSA) is 92.8 Å². The van der Waals surface area contributed by atoms with E-state index >= 15 is 0 Å². The van der Waals surface area contributed by atoms with Crippen LogP contribution in [0.15, 0.2) is 24.3 Å². The molecule has 0 aliphatic heterocycles. The predicted molar refractivity (Wildman–Crippen MR) is 115 cm³/mol. The predicted octanol–water partition coefficient (Wildman–Crippen LogP) is 3.45. The molecule has 156 valence electrons. The van der Waals surface area contributed by atoms with Gasteiger partial charge in [-0.05, 0) is 62.4 Å². The number of hydrogen-bond acceptors (Lipinski definition) is 6. The monoisotopic (exact) mass is 436 g/mol. The van der Waals surface area contributed by atoms with Crippen LogP contribution in [0.5, 0.6) is 0 Å². The van der Waals surface area contributed by atoms with Crippen LogP contribution in [-0.2, 0) is 27.6 Å². The normalized spacial score (nSPS) is 13.5. The number of thiophene rings is 1. The van der Waals surface area contributed by atoms with Gasteiger partial charge in [0.05, 0.1) is 24.1 Å². The molecule has 1 aromatic carbocycles. The zero-order chi connectivity index (χ0) is 21.2. The van der Waals surface area contributed by atoms with Gasteiger partial charge in [-0.25, -0.2) is 13.2 Å². The van der Waals surface area contributed by atoms with Gasteiger partial charge < -0.3 is 10.1 Å². The summed E-state index contributed by atoms with van der Waals surface area (Å²) in [5.74, 6) is -0.768. The van der Waals surface area contributed by atoms with Crippen LogP contribution < -0.4 is 9.62 Å². The molecule has 1 aliphatic rings. The van der Waals surface area contributed by atoms with E-state index in [0.717, 1.165) is 46.7 Å². The van der Waals surface area contributed by atoms with Gasteiger partial charge in [-0.2, -0.15) is 0 Å². The van der Waals surface area contributed by atoms with E-state index in [1.165, 1.54) is 18.4 Å². The van der Waals surface area contributed by atoms with Gasteiger partial charge in [0.25, 0.3) is 5.91 Å². The Labute approximate surface area is 174 Å². The number of carbonyl (C=O) groups excluding carboxylic acids is 2. The molecule has 1 heterocycles. The number of nitrogens with one attached hydrogen (secondary N) is 1. The van der Waals surface area contributed by atoms with Gasteiger partial charge in [0, 0.05) is 17.5 Å². The van der Waals surface area contributed by atoms with Crippen molar-refractivity contribution in [2.45, 2.75) is 32.6 Å². The van der Waals surface area contributed by atoms with Gasteiger partial charge >= 0.3 is 5.97 Å². The third-order valence-electron chi connectivity index (χ3n) is 4.87. The van der Waals surface area contributed by atoms with E-state index in [4.69, 9.17) is 4.74 Å². The summed E-state index contributed by atoms with van der Waals surface area (Å²) in [4.78, 5) is 26.4. The summed E-state index contributed by atoms with van der Waals surface area (Å²) >= 11 is 1.43. The molecule has 0 fully saturated rings. The fraction of sp³-hybridized carbons (Fsp3) is 0.400. The quantitative estimate of drug-likeness (QED) is 0.700. The van der Waals surface area contributed by atoms with Gasteiger partial charge in [-0.15, -0.1) is 11.3 Å². The van der Waals surface area contributed by atoms with E-state index in [0.29, 0.717) is 21.8 Å². The Morgan fingerprint density at radius 3 is 2.45 bits per heavy atom. The maximum atomic E-state index is 12.7. The van der Waals surface area contributed by atoms with Crippen molar-refractivity contribution in [3.63, 3.8) is 0 Å². The first-order valence-electron chi connectivity index (χ1n) is 9.39. The van der Waals surface area contributed by atoms with E-state index in [2.05, 4.69) is 5.32 Å². The van der Waals surface area contributed by atoms with Crippen LogP contribution >= 0.6 is 11.3 Å². The molecule has 9 heteroatoms. The van der Waals surface area contributed by atoms with Crippen LogP contribution in [0.2, 0.25) is 0 Å². The number of esters is 1. The van der Waals surface area contributed by atoms with Crippen LogP contribution in [0.3, 0.4) is 0 Å². The minimum absolute atomic E-state index is 0.270. The molecule has 2 aromatic rings. The second-order valence-electron chi connectivity index (χ2n) is 6.87. The lowest BCUT2D eigenvalue weighted by atomic mass is 9.95. The zero-order valence-electron chi connectivity index (χ0n) is 16.6. The Morgan fingerprint density at radius 2 is 1.83 bits per heavy atom. The van der Waals surface area contributed by atoms with Crippen LogP contribution in [0.4, 0.5) is 10.7 Å². The standard InChI is InChI=1S/C20H24N2O5S2/c1-4-27-20(24)17-15-7-5-6-8-16(15)28-19(17)21-18(23)13-9-11-14(12-10-13)22(2)29(3,25)26/h9-12H,4-8H2,1-3H3,(H,21,23). The van der Waals surface area contributed by atoms with Crippen molar-refractivity contribution in [3.05, 3.63) is 45.8 Å². The number of benzene rings is 1. The van der Waals surface area contributed by atoms with Crippen LogP contribution in [0, 0.1) is 0 Å². The summed E-state index contributed by atoms with van der Waals surface area (Å²) < 4.78 is 29.6. The summed E-state index contributed by atoms with van der Waals surface area (Å²) in [6.07, 6.45) is 4.90. The van der Waals surface area contributed by atoms with Crippen molar-refractivity contribution in [1.29, 1.82) is 0 Å². The van der Waals surface area contributed by atoms with Crippen molar-refractivity contribution in [3.8, 4) is 0 Å². The maximum absolute atomic E-state index is 12.7. The van der Waals surface area contributed by atoms with E-state index in [-0.39, 0.29) is 12.5 Å². The molecule has 0 radical (unpaired) electrons. The average molecular weight is 437 g/mol. The second kappa shape index (κ2) is 8.54. The molecule has 0 unspecified atom stereocenters. The van der Waals surface area contributed by atoms with Gasteiger partial charge in [0.2, 0.25) is 10.0 Å². The van der Waals surface area contributed by atoms with Crippen LogP contribution in [0.1, 0.15) is 50.9 Å². The SMILES string of the molecule is CCOC(=O)c1c(NC(=O)c2ccc(N(C)S(C)(=O)=O)cc2)sc2c1CCCC2. The van der Waals surface area contributed by atoms with Crippen molar-refractivity contribution in [2.24, 2.45) is 0 Å². The molecule has 0 saturated carbocycles. The lowest BCUT2D eigenvalue weighted by Gasteiger charge is -2.16. The second-order valence-corrected chi connectivity index (χ2v) is 9.99. The van der Waals surface area contributed by atoms with E-state index in [1.807, 2.05) is 0 Å². The molecule has 1 aliphatic carbocycles. The average Bonchev–Trinajstić information content (AvgIpc) is 3.04. The molecule has 0 saturated heterocycles. The summed E-state index contributed by atoms with van der Waals surface area (Å²) in [6, 6.07) is 6.26. The molecular formula is C20H24N2O5S2. The Hall–Kier alpha value is -2.39. The van der Waals surface area contributed by atoms with Crippen molar-refractivity contribution >= 4 is 43.9 Å². The highest BCUT2D eigenvalue weighted by atomic mass is 32.2. The first-order chi connectivity index (χ1) is 13.7. The molecule has 1 amide bonds. The summed E-state index contributed by atoms with van der Waals surface area (Å²) in [5.41, 5.74) is 2.29. The fourth-order valence-electron chi connectivity index (χ4n) is 3.26. The summed E-state index contributed by atoms with van der Waals surface area (Å²) in [7, 11) is -1.93. The number of nitrogens with zero attached hydrogens (tertiary/aromatic N) is 1. The summed E-state index contributed by atoms with van der Waals surface area (Å²) in [5, 5.41) is 3.36. The van der Waals surface area contributed by atoms with E-state index in [9.17, 15) is 18.0 Å². The number of ether oxygens (including phenoxy) is 1. The molecule has 29 heavy (non-hydrogen) atoms. The number of hydrogen-bond donors (Lipinski definition) is 1. The summed E-state index contributed by atoms with van der Waals surface area (Å²) in [6.45, 7) is 2.02. The Morgan fingerprint density at radius 1 is 1.17 bits per heavy atom. The fourth-order valence-corrected chi connectivity index (χ4v) is 5.04. The molecular weight excluding hydrogens is 412 g/mol.